The van der Waals surface area contributed by atoms with Crippen molar-refractivity contribution in [2.75, 3.05) is 6.79 Å². The van der Waals surface area contributed by atoms with Gasteiger partial charge in [-0.3, -0.25) is 4.98 Å². The fourth-order valence-corrected chi connectivity index (χ4v) is 2.14. The van der Waals surface area contributed by atoms with Crippen LogP contribution in [0.3, 0.4) is 0 Å². The zero-order valence-corrected chi connectivity index (χ0v) is 10.8. The van der Waals surface area contributed by atoms with Crippen molar-refractivity contribution >= 4 is 0 Å². The molecule has 0 amide bonds. The molecule has 1 aromatic carbocycles. The number of ether oxygens (including phenoxy) is 2. The highest BCUT2D eigenvalue weighted by molar-refractivity contribution is 5.48. The Morgan fingerprint density at radius 1 is 1.26 bits per heavy atom. The van der Waals surface area contributed by atoms with Crippen molar-refractivity contribution in [2.45, 2.75) is 19.5 Å². The van der Waals surface area contributed by atoms with Crippen LogP contribution < -0.4 is 14.8 Å². The minimum absolute atomic E-state index is 0.242. The predicted molar refractivity (Wildman–Crippen MR) is 72.1 cm³/mol. The molecule has 3 rings (SSSR count). The molecule has 1 atom stereocenters. The monoisotopic (exact) mass is 256 g/mol. The third kappa shape index (κ3) is 2.53. The van der Waals surface area contributed by atoms with Gasteiger partial charge in [-0.25, -0.2) is 0 Å². The van der Waals surface area contributed by atoms with Crippen molar-refractivity contribution in [3.8, 4) is 11.5 Å². The number of fused-ring (bicyclic) bond motifs is 1. The van der Waals surface area contributed by atoms with E-state index in [2.05, 4.69) is 29.4 Å². The lowest BCUT2D eigenvalue weighted by molar-refractivity contribution is 0.173. The van der Waals surface area contributed by atoms with E-state index in [1.54, 1.807) is 6.20 Å². The van der Waals surface area contributed by atoms with Gasteiger partial charge in [0, 0.05) is 30.5 Å². The van der Waals surface area contributed by atoms with Crippen molar-refractivity contribution in [2.24, 2.45) is 0 Å². The number of aromatic nitrogens is 1. The Hall–Kier alpha value is -2.07. The van der Waals surface area contributed by atoms with E-state index in [0.29, 0.717) is 6.79 Å². The molecule has 1 unspecified atom stereocenters. The van der Waals surface area contributed by atoms with Crippen molar-refractivity contribution < 1.29 is 9.47 Å². The topological polar surface area (TPSA) is 43.4 Å². The molecule has 98 valence electrons. The van der Waals surface area contributed by atoms with Gasteiger partial charge in [0.05, 0.1) is 0 Å². The summed E-state index contributed by atoms with van der Waals surface area (Å²) >= 11 is 0. The normalized spacial score (nSPS) is 14.4. The Bertz CT molecular complexity index is 557. The fraction of sp³-hybridized carbons (Fsp3) is 0.267. The lowest BCUT2D eigenvalue weighted by atomic mass is 10.1. The standard InChI is InChI=1S/C15H16N2O2/c1-11(12-5-3-7-16-8-12)17-9-13-4-2-6-14-15(13)19-10-18-14/h2-8,11,17H,9-10H2,1H3. The molecule has 0 radical (unpaired) electrons. The van der Waals surface area contributed by atoms with Crippen molar-refractivity contribution in [3.05, 3.63) is 53.9 Å². The molecular weight excluding hydrogens is 240 g/mol. The van der Waals surface area contributed by atoms with Gasteiger partial charge in [0.2, 0.25) is 6.79 Å². The number of benzene rings is 1. The number of hydrogen-bond donors (Lipinski definition) is 1. The van der Waals surface area contributed by atoms with Gasteiger partial charge in [-0.2, -0.15) is 0 Å². The minimum atomic E-state index is 0.242. The zero-order valence-electron chi connectivity index (χ0n) is 10.8. The van der Waals surface area contributed by atoms with E-state index in [1.165, 1.54) is 5.56 Å². The number of rotatable bonds is 4. The van der Waals surface area contributed by atoms with Crippen LogP contribution in [0.5, 0.6) is 11.5 Å². The van der Waals surface area contributed by atoms with E-state index in [9.17, 15) is 0 Å². The second kappa shape index (κ2) is 5.28. The van der Waals surface area contributed by atoms with E-state index in [1.807, 2.05) is 24.4 Å². The molecular formula is C15H16N2O2. The molecule has 4 heteroatoms. The summed E-state index contributed by atoms with van der Waals surface area (Å²) in [4.78, 5) is 4.13. The molecule has 0 saturated heterocycles. The van der Waals surface area contributed by atoms with Gasteiger partial charge in [-0.05, 0) is 24.6 Å². The lowest BCUT2D eigenvalue weighted by Crippen LogP contribution is -2.18. The lowest BCUT2D eigenvalue weighted by Gasteiger charge is -2.14. The van der Waals surface area contributed by atoms with Crippen molar-refractivity contribution in [3.63, 3.8) is 0 Å². The first-order valence-corrected chi connectivity index (χ1v) is 6.35. The van der Waals surface area contributed by atoms with Gasteiger partial charge in [0.1, 0.15) is 0 Å². The van der Waals surface area contributed by atoms with E-state index in [-0.39, 0.29) is 6.04 Å². The first-order chi connectivity index (χ1) is 9.34. The number of hydrogen-bond acceptors (Lipinski definition) is 4. The maximum atomic E-state index is 5.49. The van der Waals surface area contributed by atoms with E-state index >= 15 is 0 Å². The maximum Gasteiger partial charge on any atom is 0.231 e. The molecule has 2 aromatic rings. The average molecular weight is 256 g/mol. The molecule has 4 nitrogen and oxygen atoms in total. The molecule has 1 aliphatic rings. The smallest absolute Gasteiger partial charge is 0.231 e. The molecule has 0 saturated carbocycles. The Kier molecular flexibility index (Phi) is 3.33. The second-order valence-electron chi connectivity index (χ2n) is 4.54. The third-order valence-electron chi connectivity index (χ3n) is 3.26. The molecule has 0 fully saturated rings. The summed E-state index contributed by atoms with van der Waals surface area (Å²) in [6.45, 7) is 3.17. The van der Waals surface area contributed by atoms with Crippen LogP contribution in [0.1, 0.15) is 24.1 Å². The van der Waals surface area contributed by atoms with Crippen LogP contribution in [-0.2, 0) is 6.54 Å². The maximum absolute atomic E-state index is 5.49. The minimum Gasteiger partial charge on any atom is -0.454 e. The average Bonchev–Trinajstić information content (AvgIpc) is 2.94. The SMILES string of the molecule is CC(NCc1cccc2c1OCO2)c1cccnc1. The quantitative estimate of drug-likeness (QED) is 0.913. The van der Waals surface area contributed by atoms with Crippen LogP contribution in [0.15, 0.2) is 42.7 Å². The molecule has 1 N–H and O–H groups in total. The van der Waals surface area contributed by atoms with Gasteiger partial charge >= 0.3 is 0 Å². The van der Waals surface area contributed by atoms with Crippen LogP contribution in [-0.4, -0.2) is 11.8 Å². The van der Waals surface area contributed by atoms with Gasteiger partial charge < -0.3 is 14.8 Å². The van der Waals surface area contributed by atoms with Crippen LogP contribution in [0.4, 0.5) is 0 Å². The van der Waals surface area contributed by atoms with Crippen LogP contribution in [0.2, 0.25) is 0 Å². The summed E-state index contributed by atoms with van der Waals surface area (Å²) in [6, 6.07) is 10.2. The number of nitrogens with zero attached hydrogens (tertiary/aromatic N) is 1. The number of nitrogens with one attached hydrogen (secondary N) is 1. The summed E-state index contributed by atoms with van der Waals surface area (Å²) in [7, 11) is 0. The molecule has 0 spiro atoms. The van der Waals surface area contributed by atoms with Gasteiger partial charge in [0.15, 0.2) is 11.5 Å². The highest BCUT2D eigenvalue weighted by atomic mass is 16.7. The Morgan fingerprint density at radius 2 is 2.21 bits per heavy atom. The Balaban J connectivity index is 1.69. The Labute approximate surface area is 112 Å². The fourth-order valence-electron chi connectivity index (χ4n) is 2.14. The van der Waals surface area contributed by atoms with Gasteiger partial charge in [-0.15, -0.1) is 0 Å². The summed E-state index contributed by atoms with van der Waals surface area (Å²) in [5, 5.41) is 3.47. The number of para-hydroxylation sites is 1. The first kappa shape index (κ1) is 12.0. The van der Waals surface area contributed by atoms with E-state index < -0.39 is 0 Å². The summed E-state index contributed by atoms with van der Waals surface area (Å²) in [5.41, 5.74) is 2.29. The summed E-state index contributed by atoms with van der Waals surface area (Å²) < 4.78 is 10.9. The van der Waals surface area contributed by atoms with Crippen LogP contribution in [0.25, 0.3) is 0 Å². The van der Waals surface area contributed by atoms with Crippen molar-refractivity contribution in [1.82, 2.24) is 10.3 Å². The zero-order chi connectivity index (χ0) is 13.1. The molecule has 0 bridgehead atoms. The highest BCUT2D eigenvalue weighted by Gasteiger charge is 2.17. The summed E-state index contributed by atoms with van der Waals surface area (Å²) in [6.07, 6.45) is 3.66. The third-order valence-corrected chi connectivity index (χ3v) is 3.26. The predicted octanol–water partition coefficient (Wildman–Crippen LogP) is 2.66. The second-order valence-corrected chi connectivity index (χ2v) is 4.54. The van der Waals surface area contributed by atoms with E-state index in [4.69, 9.17) is 9.47 Å². The molecule has 19 heavy (non-hydrogen) atoms. The molecule has 1 aromatic heterocycles. The van der Waals surface area contributed by atoms with Gasteiger partial charge in [0.25, 0.3) is 0 Å². The number of pyridine rings is 1. The van der Waals surface area contributed by atoms with Gasteiger partial charge in [-0.1, -0.05) is 18.2 Å². The van der Waals surface area contributed by atoms with Crippen molar-refractivity contribution in [1.29, 1.82) is 0 Å². The molecule has 0 aliphatic carbocycles. The summed E-state index contributed by atoms with van der Waals surface area (Å²) in [5.74, 6) is 1.68. The van der Waals surface area contributed by atoms with E-state index in [0.717, 1.165) is 23.6 Å². The Morgan fingerprint density at radius 3 is 3.05 bits per heavy atom. The highest BCUT2D eigenvalue weighted by Crippen LogP contribution is 2.35. The molecule has 1 aliphatic heterocycles. The largest absolute Gasteiger partial charge is 0.454 e. The van der Waals surface area contributed by atoms with Crippen LogP contribution >= 0.6 is 0 Å². The first-order valence-electron chi connectivity index (χ1n) is 6.35. The molecule has 2 heterocycles. The van der Waals surface area contributed by atoms with Crippen LogP contribution in [0, 0.1) is 0 Å².